The van der Waals surface area contributed by atoms with Crippen LogP contribution in [0, 0.1) is 5.82 Å². The third-order valence-corrected chi connectivity index (χ3v) is 3.91. The van der Waals surface area contributed by atoms with Crippen molar-refractivity contribution in [2.45, 2.75) is 13.5 Å². The lowest BCUT2D eigenvalue weighted by Gasteiger charge is -2.10. The lowest BCUT2D eigenvalue weighted by Crippen LogP contribution is -2.29. The zero-order chi connectivity index (χ0) is 16.0. The van der Waals surface area contributed by atoms with Gasteiger partial charge in [0.2, 0.25) is 0 Å². The largest absolute Gasteiger partial charge is 0.489 e. The van der Waals surface area contributed by atoms with Gasteiger partial charge in [-0.05, 0) is 42.0 Å². The maximum absolute atomic E-state index is 13.0. The Morgan fingerprint density at radius 2 is 1.86 bits per heavy atom. The minimum absolute atomic E-state index is 0.236. The fourth-order valence-electron chi connectivity index (χ4n) is 1.79. The van der Waals surface area contributed by atoms with Gasteiger partial charge in [-0.3, -0.25) is 4.72 Å². The average molecular weight is 324 g/mol. The first-order valence-corrected chi connectivity index (χ1v) is 8.21. The molecule has 22 heavy (non-hydrogen) atoms. The van der Waals surface area contributed by atoms with Gasteiger partial charge in [-0.1, -0.05) is 19.1 Å². The van der Waals surface area contributed by atoms with Crippen molar-refractivity contribution in [3.8, 4) is 5.75 Å². The summed E-state index contributed by atoms with van der Waals surface area (Å²) >= 11 is 0. The first-order chi connectivity index (χ1) is 10.5. The van der Waals surface area contributed by atoms with Gasteiger partial charge in [0.05, 0.1) is 0 Å². The molecule has 0 spiro atoms. The zero-order valence-corrected chi connectivity index (χ0v) is 12.9. The molecule has 0 unspecified atom stereocenters. The number of ether oxygens (including phenoxy) is 1. The molecular formula is C15H17FN2O3S. The second kappa shape index (κ2) is 7.24. The molecule has 0 saturated heterocycles. The fourth-order valence-corrected chi connectivity index (χ4v) is 2.69. The van der Waals surface area contributed by atoms with Crippen LogP contribution in [0.5, 0.6) is 5.75 Å². The first kappa shape index (κ1) is 16.3. The van der Waals surface area contributed by atoms with Crippen LogP contribution in [0.2, 0.25) is 0 Å². The highest BCUT2D eigenvalue weighted by atomic mass is 32.2. The molecule has 2 N–H and O–H groups in total. The van der Waals surface area contributed by atoms with Crippen LogP contribution in [0.4, 0.5) is 10.1 Å². The molecule has 2 aromatic carbocycles. The van der Waals surface area contributed by atoms with Crippen molar-refractivity contribution in [3.05, 3.63) is 59.9 Å². The Kier molecular flexibility index (Phi) is 5.35. The minimum atomic E-state index is -3.54. The van der Waals surface area contributed by atoms with Crippen LogP contribution >= 0.6 is 0 Å². The third-order valence-electron chi connectivity index (χ3n) is 2.74. The van der Waals surface area contributed by atoms with Crippen molar-refractivity contribution in [2.24, 2.45) is 0 Å². The molecule has 0 saturated carbocycles. The maximum atomic E-state index is 13.0. The molecule has 2 rings (SSSR count). The third kappa shape index (κ3) is 5.01. The minimum Gasteiger partial charge on any atom is -0.489 e. The molecule has 0 bridgehead atoms. The lowest BCUT2D eigenvalue weighted by atomic mass is 10.2. The molecule has 7 heteroatoms. The zero-order valence-electron chi connectivity index (χ0n) is 12.0. The number of anilines is 1. The maximum Gasteiger partial charge on any atom is 0.299 e. The number of hydrogen-bond acceptors (Lipinski definition) is 3. The number of benzene rings is 2. The molecule has 5 nitrogen and oxygen atoms in total. The number of hydrogen-bond donors (Lipinski definition) is 2. The van der Waals surface area contributed by atoms with Gasteiger partial charge in [0.1, 0.15) is 18.2 Å². The molecule has 0 atom stereocenters. The van der Waals surface area contributed by atoms with Crippen LogP contribution in [0.3, 0.4) is 0 Å². The van der Waals surface area contributed by atoms with Gasteiger partial charge in [-0.15, -0.1) is 0 Å². The van der Waals surface area contributed by atoms with E-state index in [1.165, 1.54) is 12.1 Å². The van der Waals surface area contributed by atoms with E-state index in [9.17, 15) is 12.8 Å². The van der Waals surface area contributed by atoms with E-state index < -0.39 is 10.2 Å². The van der Waals surface area contributed by atoms with Crippen LogP contribution in [-0.2, 0) is 16.8 Å². The van der Waals surface area contributed by atoms with Crippen LogP contribution < -0.4 is 14.2 Å². The van der Waals surface area contributed by atoms with Crippen LogP contribution in [-0.4, -0.2) is 15.0 Å². The van der Waals surface area contributed by atoms with Crippen LogP contribution in [0.15, 0.2) is 48.5 Å². The summed E-state index contributed by atoms with van der Waals surface area (Å²) in [5, 5.41) is 0. The van der Waals surface area contributed by atoms with Crippen LogP contribution in [0.1, 0.15) is 12.5 Å². The van der Waals surface area contributed by atoms with E-state index in [-0.39, 0.29) is 12.4 Å². The van der Waals surface area contributed by atoms with Gasteiger partial charge in [0.25, 0.3) is 10.2 Å². The molecular weight excluding hydrogens is 307 g/mol. The summed E-state index contributed by atoms with van der Waals surface area (Å²) in [6.45, 7) is 2.24. The Bertz CT molecular complexity index is 718. The molecule has 0 aliphatic heterocycles. The van der Waals surface area contributed by atoms with Crippen molar-refractivity contribution in [3.63, 3.8) is 0 Å². The Hall–Kier alpha value is -2.12. The fraction of sp³-hybridized carbons (Fsp3) is 0.200. The van der Waals surface area contributed by atoms with Gasteiger partial charge in [-0.25, -0.2) is 4.39 Å². The second-order valence-electron chi connectivity index (χ2n) is 4.55. The molecule has 0 heterocycles. The van der Waals surface area contributed by atoms with E-state index in [0.29, 0.717) is 18.0 Å². The summed E-state index contributed by atoms with van der Waals surface area (Å²) in [6.07, 6.45) is 0. The standard InChI is InChI=1S/C15H17FN2O3S/c1-2-17-22(19,20)18-14-6-8-15(9-7-14)21-11-12-4-3-5-13(16)10-12/h3-10,17-18H,2,11H2,1H3. The SMILES string of the molecule is CCNS(=O)(=O)Nc1ccc(OCc2cccc(F)c2)cc1. The van der Waals surface area contributed by atoms with Crippen molar-refractivity contribution in [1.29, 1.82) is 0 Å². The van der Waals surface area contributed by atoms with Gasteiger partial charge in [-0.2, -0.15) is 13.1 Å². The molecule has 0 aromatic heterocycles. The first-order valence-electron chi connectivity index (χ1n) is 6.73. The summed E-state index contributed by atoms with van der Waals surface area (Å²) < 4.78 is 46.4. The highest BCUT2D eigenvalue weighted by Crippen LogP contribution is 2.18. The molecule has 0 amide bonds. The highest BCUT2D eigenvalue weighted by molar-refractivity contribution is 7.90. The van der Waals surface area contributed by atoms with E-state index in [0.717, 1.165) is 5.56 Å². The lowest BCUT2D eigenvalue weighted by molar-refractivity contribution is 0.305. The Labute approximate surface area is 129 Å². The normalized spacial score (nSPS) is 11.2. The second-order valence-corrected chi connectivity index (χ2v) is 6.05. The number of halogens is 1. The predicted octanol–water partition coefficient (Wildman–Crippen LogP) is 2.67. The van der Waals surface area contributed by atoms with Crippen molar-refractivity contribution in [2.75, 3.05) is 11.3 Å². The predicted molar refractivity (Wildman–Crippen MR) is 83.4 cm³/mol. The Morgan fingerprint density at radius 3 is 2.50 bits per heavy atom. The van der Waals surface area contributed by atoms with E-state index in [4.69, 9.17) is 4.74 Å². The van der Waals surface area contributed by atoms with E-state index in [2.05, 4.69) is 9.44 Å². The van der Waals surface area contributed by atoms with Gasteiger partial charge in [0.15, 0.2) is 0 Å². The van der Waals surface area contributed by atoms with Gasteiger partial charge >= 0.3 is 0 Å². The van der Waals surface area contributed by atoms with Crippen LogP contribution in [0.25, 0.3) is 0 Å². The molecule has 118 valence electrons. The molecule has 2 aromatic rings. The summed E-state index contributed by atoms with van der Waals surface area (Å²) in [5.74, 6) is 0.255. The number of nitrogens with one attached hydrogen (secondary N) is 2. The summed E-state index contributed by atoms with van der Waals surface area (Å²) in [4.78, 5) is 0. The van der Waals surface area contributed by atoms with Gasteiger partial charge in [0, 0.05) is 12.2 Å². The highest BCUT2D eigenvalue weighted by Gasteiger charge is 2.07. The molecule has 0 aliphatic carbocycles. The topological polar surface area (TPSA) is 67.4 Å². The molecule has 0 aliphatic rings. The molecule has 0 fully saturated rings. The van der Waals surface area contributed by atoms with E-state index >= 15 is 0 Å². The van der Waals surface area contributed by atoms with Crippen molar-refractivity contribution >= 4 is 15.9 Å². The summed E-state index contributed by atoms with van der Waals surface area (Å²) in [5.41, 5.74) is 1.15. The Balaban J connectivity index is 1.94. The smallest absolute Gasteiger partial charge is 0.299 e. The Morgan fingerprint density at radius 1 is 1.14 bits per heavy atom. The average Bonchev–Trinajstić information content (AvgIpc) is 2.46. The van der Waals surface area contributed by atoms with Gasteiger partial charge < -0.3 is 4.74 Å². The summed E-state index contributed by atoms with van der Waals surface area (Å²) in [7, 11) is -3.54. The monoisotopic (exact) mass is 324 g/mol. The summed E-state index contributed by atoms with van der Waals surface area (Å²) in [6, 6.07) is 12.6. The number of rotatable bonds is 7. The van der Waals surface area contributed by atoms with Crippen molar-refractivity contribution < 1.29 is 17.5 Å². The van der Waals surface area contributed by atoms with E-state index in [1.807, 2.05) is 0 Å². The van der Waals surface area contributed by atoms with Crippen molar-refractivity contribution in [1.82, 2.24) is 4.72 Å². The molecule has 0 radical (unpaired) electrons. The quantitative estimate of drug-likeness (QED) is 0.823. The van der Waals surface area contributed by atoms with E-state index in [1.54, 1.807) is 43.3 Å².